The van der Waals surface area contributed by atoms with E-state index in [4.69, 9.17) is 4.74 Å². The zero-order valence-corrected chi connectivity index (χ0v) is 9.18. The summed E-state index contributed by atoms with van der Waals surface area (Å²) in [5.74, 6) is 0.832. The van der Waals surface area contributed by atoms with E-state index in [-0.39, 0.29) is 0 Å². The molecule has 1 heterocycles. The minimum atomic E-state index is 0.416. The van der Waals surface area contributed by atoms with Crippen LogP contribution in [0.5, 0.6) is 0 Å². The van der Waals surface area contributed by atoms with E-state index in [1.807, 2.05) is 0 Å². The van der Waals surface area contributed by atoms with Gasteiger partial charge in [-0.05, 0) is 38.6 Å². The van der Waals surface area contributed by atoms with Gasteiger partial charge in [-0.2, -0.15) is 0 Å². The molecule has 0 aliphatic carbocycles. The molecule has 1 rings (SSSR count). The normalized spacial score (nSPS) is 28.6. The first-order valence-corrected chi connectivity index (χ1v) is 5.55. The first kappa shape index (κ1) is 11.0. The second-order valence-corrected chi connectivity index (χ2v) is 4.46. The molecular formula is C11H23NO. The highest BCUT2D eigenvalue weighted by Gasteiger charge is 2.22. The number of hydrogen-bond donors (Lipinski definition) is 1. The van der Waals surface area contributed by atoms with Crippen molar-refractivity contribution in [3.05, 3.63) is 0 Å². The van der Waals surface area contributed by atoms with Crippen LogP contribution in [0.15, 0.2) is 0 Å². The molecule has 2 nitrogen and oxygen atoms in total. The Morgan fingerprint density at radius 1 is 1.46 bits per heavy atom. The van der Waals surface area contributed by atoms with Gasteiger partial charge in [-0.25, -0.2) is 0 Å². The van der Waals surface area contributed by atoms with Crippen molar-refractivity contribution in [1.82, 2.24) is 5.32 Å². The van der Waals surface area contributed by atoms with Gasteiger partial charge in [0.25, 0.3) is 0 Å². The van der Waals surface area contributed by atoms with Crippen molar-refractivity contribution in [2.75, 3.05) is 13.2 Å². The molecular weight excluding hydrogens is 162 g/mol. The van der Waals surface area contributed by atoms with Gasteiger partial charge < -0.3 is 10.1 Å². The lowest BCUT2D eigenvalue weighted by atomic mass is 10.1. The van der Waals surface area contributed by atoms with Crippen LogP contribution < -0.4 is 5.32 Å². The van der Waals surface area contributed by atoms with E-state index in [0.29, 0.717) is 12.1 Å². The fourth-order valence-electron chi connectivity index (χ4n) is 1.80. The Hall–Kier alpha value is -0.0800. The van der Waals surface area contributed by atoms with Crippen LogP contribution in [0.2, 0.25) is 0 Å². The molecule has 2 unspecified atom stereocenters. The van der Waals surface area contributed by atoms with Crippen LogP contribution in [0.3, 0.4) is 0 Å². The molecule has 1 saturated heterocycles. The molecule has 0 amide bonds. The molecule has 0 aromatic carbocycles. The zero-order valence-electron chi connectivity index (χ0n) is 9.18. The Bertz CT molecular complexity index is 136. The van der Waals surface area contributed by atoms with Crippen LogP contribution in [0.25, 0.3) is 0 Å². The summed E-state index contributed by atoms with van der Waals surface area (Å²) in [6, 6.07) is 0.604. The highest BCUT2D eigenvalue weighted by atomic mass is 16.5. The SMILES string of the molecule is CC(C)CCCNC1CCOC1C. The van der Waals surface area contributed by atoms with Crippen molar-refractivity contribution >= 4 is 0 Å². The Balaban J connectivity index is 1.99. The quantitative estimate of drug-likeness (QED) is 0.663. The van der Waals surface area contributed by atoms with Gasteiger partial charge in [0.2, 0.25) is 0 Å². The van der Waals surface area contributed by atoms with Crippen LogP contribution in [0, 0.1) is 5.92 Å². The first-order valence-electron chi connectivity index (χ1n) is 5.55. The van der Waals surface area contributed by atoms with Crippen LogP contribution in [0.4, 0.5) is 0 Å². The highest BCUT2D eigenvalue weighted by molar-refractivity contribution is 4.78. The molecule has 13 heavy (non-hydrogen) atoms. The van der Waals surface area contributed by atoms with Gasteiger partial charge in [0, 0.05) is 12.6 Å². The molecule has 0 aromatic rings. The largest absolute Gasteiger partial charge is 0.377 e. The third kappa shape index (κ3) is 4.10. The van der Waals surface area contributed by atoms with Crippen LogP contribution in [-0.4, -0.2) is 25.3 Å². The van der Waals surface area contributed by atoms with Crippen molar-refractivity contribution in [2.45, 2.75) is 52.2 Å². The predicted octanol–water partition coefficient (Wildman–Crippen LogP) is 2.19. The summed E-state index contributed by atoms with van der Waals surface area (Å²) in [6.45, 7) is 8.80. The number of ether oxygens (including phenoxy) is 1. The summed E-state index contributed by atoms with van der Waals surface area (Å²) in [4.78, 5) is 0. The lowest BCUT2D eigenvalue weighted by molar-refractivity contribution is 0.113. The molecule has 2 heteroatoms. The van der Waals surface area contributed by atoms with E-state index in [0.717, 1.165) is 19.1 Å². The molecule has 0 saturated carbocycles. The van der Waals surface area contributed by atoms with Gasteiger partial charge in [0.15, 0.2) is 0 Å². The number of rotatable bonds is 5. The summed E-state index contributed by atoms with van der Waals surface area (Å²) in [7, 11) is 0. The van der Waals surface area contributed by atoms with Crippen molar-refractivity contribution in [3.8, 4) is 0 Å². The smallest absolute Gasteiger partial charge is 0.0700 e. The van der Waals surface area contributed by atoms with E-state index in [1.54, 1.807) is 0 Å². The van der Waals surface area contributed by atoms with E-state index in [9.17, 15) is 0 Å². The standard InChI is InChI=1S/C11H23NO/c1-9(2)5-4-7-12-11-6-8-13-10(11)3/h9-12H,4-8H2,1-3H3. The van der Waals surface area contributed by atoms with Gasteiger partial charge in [-0.15, -0.1) is 0 Å². The Morgan fingerprint density at radius 3 is 2.77 bits per heavy atom. The van der Waals surface area contributed by atoms with Gasteiger partial charge in [-0.1, -0.05) is 13.8 Å². The third-order valence-electron chi connectivity index (χ3n) is 2.74. The van der Waals surface area contributed by atoms with Crippen LogP contribution in [-0.2, 0) is 4.74 Å². The third-order valence-corrected chi connectivity index (χ3v) is 2.74. The topological polar surface area (TPSA) is 21.3 Å². The van der Waals surface area contributed by atoms with Crippen LogP contribution >= 0.6 is 0 Å². The summed E-state index contributed by atoms with van der Waals surface area (Å²) >= 11 is 0. The number of nitrogens with one attached hydrogen (secondary N) is 1. The van der Waals surface area contributed by atoms with Crippen molar-refractivity contribution in [3.63, 3.8) is 0 Å². The lowest BCUT2D eigenvalue weighted by Gasteiger charge is -2.16. The van der Waals surface area contributed by atoms with E-state index >= 15 is 0 Å². The maximum atomic E-state index is 5.48. The monoisotopic (exact) mass is 185 g/mol. The zero-order chi connectivity index (χ0) is 9.68. The van der Waals surface area contributed by atoms with E-state index in [1.165, 1.54) is 19.3 Å². The van der Waals surface area contributed by atoms with Gasteiger partial charge in [-0.3, -0.25) is 0 Å². The van der Waals surface area contributed by atoms with Crippen molar-refractivity contribution in [1.29, 1.82) is 0 Å². The number of hydrogen-bond acceptors (Lipinski definition) is 2. The maximum absolute atomic E-state index is 5.48. The van der Waals surface area contributed by atoms with Gasteiger partial charge >= 0.3 is 0 Å². The fourth-order valence-corrected chi connectivity index (χ4v) is 1.80. The Morgan fingerprint density at radius 2 is 2.23 bits per heavy atom. The summed E-state index contributed by atoms with van der Waals surface area (Å²) in [6.07, 6.45) is 4.22. The second kappa shape index (κ2) is 5.61. The van der Waals surface area contributed by atoms with Gasteiger partial charge in [0.05, 0.1) is 6.10 Å². The molecule has 2 atom stereocenters. The molecule has 1 aliphatic rings. The molecule has 1 N–H and O–H groups in total. The summed E-state index contributed by atoms with van der Waals surface area (Å²) in [5, 5.41) is 3.56. The molecule has 0 aromatic heterocycles. The minimum Gasteiger partial charge on any atom is -0.377 e. The molecule has 78 valence electrons. The van der Waals surface area contributed by atoms with E-state index < -0.39 is 0 Å². The molecule has 1 aliphatic heterocycles. The highest BCUT2D eigenvalue weighted by Crippen LogP contribution is 2.12. The minimum absolute atomic E-state index is 0.416. The molecule has 0 spiro atoms. The predicted molar refractivity (Wildman–Crippen MR) is 55.9 cm³/mol. The average Bonchev–Trinajstić information content (AvgIpc) is 2.45. The average molecular weight is 185 g/mol. The Labute approximate surface area is 82.0 Å². The summed E-state index contributed by atoms with van der Waals surface area (Å²) in [5.41, 5.74) is 0. The maximum Gasteiger partial charge on any atom is 0.0700 e. The van der Waals surface area contributed by atoms with Crippen LogP contribution in [0.1, 0.15) is 40.0 Å². The van der Waals surface area contributed by atoms with Crippen molar-refractivity contribution in [2.24, 2.45) is 5.92 Å². The first-order chi connectivity index (χ1) is 6.20. The lowest BCUT2D eigenvalue weighted by Crippen LogP contribution is -2.35. The van der Waals surface area contributed by atoms with E-state index in [2.05, 4.69) is 26.1 Å². The molecule has 1 fully saturated rings. The Kier molecular flexibility index (Phi) is 4.74. The molecule has 0 radical (unpaired) electrons. The fraction of sp³-hybridized carbons (Fsp3) is 1.00. The second-order valence-electron chi connectivity index (χ2n) is 4.46. The van der Waals surface area contributed by atoms with Crippen molar-refractivity contribution < 1.29 is 4.74 Å². The summed E-state index contributed by atoms with van der Waals surface area (Å²) < 4.78 is 5.48. The van der Waals surface area contributed by atoms with Gasteiger partial charge in [0.1, 0.15) is 0 Å². The molecule has 0 bridgehead atoms.